The van der Waals surface area contributed by atoms with Gasteiger partial charge in [0.1, 0.15) is 5.52 Å². The summed E-state index contributed by atoms with van der Waals surface area (Å²) in [5.74, 6) is -0.329. The first-order chi connectivity index (χ1) is 14.7. The van der Waals surface area contributed by atoms with Crippen LogP contribution < -0.4 is 5.32 Å². The predicted molar refractivity (Wildman–Crippen MR) is 113 cm³/mol. The number of hydrogen-bond acceptors (Lipinski definition) is 5. The van der Waals surface area contributed by atoms with Gasteiger partial charge in [-0.3, -0.25) is 4.79 Å². The molecular formula is C24H20N2O4. The molecule has 0 fully saturated rings. The third-order valence-corrected chi connectivity index (χ3v) is 4.66. The normalized spacial score (nSPS) is 10.7. The van der Waals surface area contributed by atoms with Crippen molar-refractivity contribution < 1.29 is 18.8 Å². The molecule has 0 aliphatic heterocycles. The molecule has 1 heterocycles. The van der Waals surface area contributed by atoms with E-state index in [1.54, 1.807) is 18.2 Å². The SMILES string of the molecule is O=C(COC(=O)c1ccc2noc(-c3ccccc3)c2c1)NCCc1ccccc1. The van der Waals surface area contributed by atoms with Crippen LogP contribution in [-0.4, -0.2) is 30.2 Å². The van der Waals surface area contributed by atoms with Gasteiger partial charge < -0.3 is 14.6 Å². The number of aromatic nitrogens is 1. The maximum atomic E-state index is 12.4. The van der Waals surface area contributed by atoms with Gasteiger partial charge in [-0.05, 0) is 30.2 Å². The first-order valence-corrected chi connectivity index (χ1v) is 9.63. The first kappa shape index (κ1) is 19.4. The number of nitrogens with zero attached hydrogens (tertiary/aromatic N) is 1. The molecule has 0 radical (unpaired) electrons. The fraction of sp³-hybridized carbons (Fsp3) is 0.125. The highest BCUT2D eigenvalue weighted by molar-refractivity contribution is 5.99. The summed E-state index contributed by atoms with van der Waals surface area (Å²) in [6.45, 7) is 0.147. The van der Waals surface area contributed by atoms with E-state index >= 15 is 0 Å². The largest absolute Gasteiger partial charge is 0.452 e. The number of nitrogens with one attached hydrogen (secondary N) is 1. The summed E-state index contributed by atoms with van der Waals surface area (Å²) in [6, 6.07) is 24.3. The summed E-state index contributed by atoms with van der Waals surface area (Å²) < 4.78 is 10.6. The van der Waals surface area contributed by atoms with Crippen molar-refractivity contribution in [2.45, 2.75) is 6.42 Å². The smallest absolute Gasteiger partial charge is 0.338 e. The number of fused-ring (bicyclic) bond motifs is 1. The monoisotopic (exact) mass is 400 g/mol. The number of benzene rings is 3. The van der Waals surface area contributed by atoms with Crippen LogP contribution in [0.25, 0.3) is 22.2 Å². The highest BCUT2D eigenvalue weighted by Crippen LogP contribution is 2.29. The number of carbonyl (C=O) groups is 2. The van der Waals surface area contributed by atoms with Gasteiger partial charge in [0.25, 0.3) is 5.91 Å². The standard InChI is InChI=1S/C24H20N2O4/c27-22(25-14-13-17-7-3-1-4-8-17)16-29-24(28)19-11-12-21-20(15-19)23(30-26-21)18-9-5-2-6-10-18/h1-12,15H,13-14,16H2,(H,25,27). The molecule has 0 aliphatic rings. The van der Waals surface area contributed by atoms with E-state index < -0.39 is 5.97 Å². The lowest BCUT2D eigenvalue weighted by molar-refractivity contribution is -0.124. The minimum Gasteiger partial charge on any atom is -0.452 e. The van der Waals surface area contributed by atoms with E-state index in [1.165, 1.54) is 0 Å². The third kappa shape index (κ3) is 4.55. The average molecular weight is 400 g/mol. The summed E-state index contributed by atoms with van der Waals surface area (Å²) in [7, 11) is 0. The number of hydrogen-bond donors (Lipinski definition) is 1. The molecule has 1 N–H and O–H groups in total. The lowest BCUT2D eigenvalue weighted by Gasteiger charge is -2.07. The maximum absolute atomic E-state index is 12.4. The van der Waals surface area contributed by atoms with Crippen LogP contribution in [0.3, 0.4) is 0 Å². The van der Waals surface area contributed by atoms with Gasteiger partial charge in [0.15, 0.2) is 12.4 Å². The van der Waals surface area contributed by atoms with Crippen LogP contribution >= 0.6 is 0 Å². The second kappa shape index (κ2) is 9.05. The molecule has 1 amide bonds. The molecule has 4 rings (SSSR count). The molecule has 6 heteroatoms. The molecule has 1 aromatic heterocycles. The van der Waals surface area contributed by atoms with E-state index in [9.17, 15) is 9.59 Å². The molecule has 0 bridgehead atoms. The first-order valence-electron chi connectivity index (χ1n) is 9.63. The van der Waals surface area contributed by atoms with E-state index in [4.69, 9.17) is 9.26 Å². The van der Waals surface area contributed by atoms with Gasteiger partial charge in [-0.25, -0.2) is 4.79 Å². The highest BCUT2D eigenvalue weighted by Gasteiger charge is 2.15. The Morgan fingerprint density at radius 1 is 0.933 bits per heavy atom. The van der Waals surface area contributed by atoms with E-state index in [0.717, 1.165) is 11.1 Å². The van der Waals surface area contributed by atoms with Crippen LogP contribution in [0.4, 0.5) is 0 Å². The zero-order valence-corrected chi connectivity index (χ0v) is 16.2. The van der Waals surface area contributed by atoms with Gasteiger partial charge in [0.05, 0.1) is 10.9 Å². The van der Waals surface area contributed by atoms with Gasteiger partial charge in [0, 0.05) is 12.1 Å². The Morgan fingerprint density at radius 3 is 2.43 bits per heavy atom. The van der Waals surface area contributed by atoms with Crippen molar-refractivity contribution in [3.8, 4) is 11.3 Å². The van der Waals surface area contributed by atoms with Crippen molar-refractivity contribution in [2.24, 2.45) is 0 Å². The minimum absolute atomic E-state index is 0.333. The van der Waals surface area contributed by atoms with Gasteiger partial charge in [0.2, 0.25) is 0 Å². The Labute approximate surface area is 173 Å². The number of esters is 1. The molecule has 150 valence electrons. The zero-order chi connectivity index (χ0) is 20.8. The van der Waals surface area contributed by atoms with Crippen LogP contribution in [0.5, 0.6) is 0 Å². The number of ether oxygens (including phenoxy) is 1. The molecule has 6 nitrogen and oxygen atoms in total. The van der Waals surface area contributed by atoms with Crippen LogP contribution in [0.15, 0.2) is 83.4 Å². The van der Waals surface area contributed by atoms with Crippen LogP contribution in [0.2, 0.25) is 0 Å². The molecule has 4 aromatic rings. The Hall–Kier alpha value is -3.93. The highest BCUT2D eigenvalue weighted by atomic mass is 16.5. The summed E-state index contributed by atoms with van der Waals surface area (Å²) in [4.78, 5) is 24.4. The lowest BCUT2D eigenvalue weighted by Crippen LogP contribution is -2.30. The van der Waals surface area contributed by atoms with E-state index in [0.29, 0.717) is 35.2 Å². The topological polar surface area (TPSA) is 81.4 Å². The molecule has 0 atom stereocenters. The Kier molecular flexibility index (Phi) is 5.85. The van der Waals surface area contributed by atoms with Crippen molar-refractivity contribution in [2.75, 3.05) is 13.2 Å². The fourth-order valence-corrected chi connectivity index (χ4v) is 3.12. The van der Waals surface area contributed by atoms with Crippen molar-refractivity contribution in [1.29, 1.82) is 0 Å². The average Bonchev–Trinajstić information content (AvgIpc) is 3.22. The molecule has 0 aliphatic carbocycles. The van der Waals surface area contributed by atoms with Crippen LogP contribution in [0, 0.1) is 0 Å². The van der Waals surface area contributed by atoms with Crippen molar-refractivity contribution >= 4 is 22.8 Å². The maximum Gasteiger partial charge on any atom is 0.338 e. The summed E-state index contributed by atoms with van der Waals surface area (Å²) >= 11 is 0. The quantitative estimate of drug-likeness (QED) is 0.474. The summed E-state index contributed by atoms with van der Waals surface area (Å²) in [5.41, 5.74) is 2.97. The molecule has 3 aromatic carbocycles. The Morgan fingerprint density at radius 2 is 1.67 bits per heavy atom. The van der Waals surface area contributed by atoms with Crippen molar-refractivity contribution in [3.63, 3.8) is 0 Å². The lowest BCUT2D eigenvalue weighted by atomic mass is 10.1. The van der Waals surface area contributed by atoms with Gasteiger partial charge in [-0.2, -0.15) is 0 Å². The van der Waals surface area contributed by atoms with E-state index in [1.807, 2.05) is 60.7 Å². The molecule has 0 saturated carbocycles. The Bertz CT molecular complexity index is 1150. The molecule has 0 spiro atoms. The second-order valence-corrected chi connectivity index (χ2v) is 6.77. The second-order valence-electron chi connectivity index (χ2n) is 6.77. The molecular weight excluding hydrogens is 380 g/mol. The van der Waals surface area contributed by atoms with Crippen molar-refractivity contribution in [3.05, 3.63) is 90.0 Å². The van der Waals surface area contributed by atoms with E-state index in [-0.39, 0.29) is 12.5 Å². The molecule has 30 heavy (non-hydrogen) atoms. The predicted octanol–water partition coefficient (Wildman–Crippen LogP) is 4.01. The molecule has 0 saturated heterocycles. The van der Waals surface area contributed by atoms with E-state index in [2.05, 4.69) is 10.5 Å². The third-order valence-electron chi connectivity index (χ3n) is 4.66. The van der Waals surface area contributed by atoms with Gasteiger partial charge in [-0.15, -0.1) is 0 Å². The summed E-state index contributed by atoms with van der Waals surface area (Å²) in [6.07, 6.45) is 0.715. The number of amides is 1. The van der Waals surface area contributed by atoms with Crippen LogP contribution in [-0.2, 0) is 16.0 Å². The number of rotatable bonds is 7. The molecule has 0 unspecified atom stereocenters. The summed E-state index contributed by atoms with van der Waals surface area (Å²) in [5, 5.41) is 7.50. The van der Waals surface area contributed by atoms with Crippen molar-refractivity contribution in [1.82, 2.24) is 10.5 Å². The Balaban J connectivity index is 1.35. The van der Waals surface area contributed by atoms with Crippen LogP contribution in [0.1, 0.15) is 15.9 Å². The van der Waals surface area contributed by atoms with Gasteiger partial charge >= 0.3 is 5.97 Å². The minimum atomic E-state index is -0.574. The van der Waals surface area contributed by atoms with Gasteiger partial charge in [-0.1, -0.05) is 65.8 Å². The fourth-order valence-electron chi connectivity index (χ4n) is 3.12. The number of carbonyl (C=O) groups excluding carboxylic acids is 2. The zero-order valence-electron chi connectivity index (χ0n) is 16.2.